The van der Waals surface area contributed by atoms with Gasteiger partial charge in [-0.05, 0) is 25.1 Å². The quantitative estimate of drug-likeness (QED) is 0.866. The van der Waals surface area contributed by atoms with Crippen LogP contribution in [0.25, 0.3) is 5.69 Å². The van der Waals surface area contributed by atoms with Gasteiger partial charge in [0, 0.05) is 51.2 Å². The summed E-state index contributed by atoms with van der Waals surface area (Å²) in [6.45, 7) is 6.28. The molecule has 1 aromatic carbocycles. The lowest BCUT2D eigenvalue weighted by molar-refractivity contribution is -0.129. The van der Waals surface area contributed by atoms with Crippen LogP contribution in [-0.4, -0.2) is 61.2 Å². The molecule has 2 aromatic rings. The second kappa shape index (κ2) is 6.99. The number of nitrogens with zero attached hydrogens (tertiary/aromatic N) is 4. The molecule has 1 aliphatic rings. The van der Waals surface area contributed by atoms with E-state index in [0.717, 1.165) is 36.5 Å². The van der Waals surface area contributed by atoms with E-state index in [2.05, 4.69) is 14.6 Å². The number of aromatic nitrogens is 2. The molecule has 1 saturated heterocycles. The zero-order chi connectivity index (χ0) is 18.9. The van der Waals surface area contributed by atoms with E-state index in [1.807, 2.05) is 28.5 Å². The van der Waals surface area contributed by atoms with E-state index in [1.54, 1.807) is 25.4 Å². The van der Waals surface area contributed by atoms with E-state index in [9.17, 15) is 13.2 Å². The van der Waals surface area contributed by atoms with Gasteiger partial charge < -0.3 is 14.4 Å². The highest BCUT2D eigenvalue weighted by molar-refractivity contribution is 7.92. The zero-order valence-corrected chi connectivity index (χ0v) is 16.0. The van der Waals surface area contributed by atoms with Crippen LogP contribution in [0.15, 0.2) is 30.6 Å². The monoisotopic (exact) mass is 377 g/mol. The molecule has 140 valence electrons. The van der Waals surface area contributed by atoms with Gasteiger partial charge in [0.2, 0.25) is 15.9 Å². The second-order valence-corrected chi connectivity index (χ2v) is 8.16. The van der Waals surface area contributed by atoms with E-state index >= 15 is 0 Å². The molecule has 0 radical (unpaired) electrons. The fraction of sp³-hybridized carbons (Fsp3) is 0.412. The summed E-state index contributed by atoms with van der Waals surface area (Å²) in [5.74, 6) is 0.854. The molecule has 0 bridgehead atoms. The number of hydrogen-bond acceptors (Lipinski definition) is 5. The topological polar surface area (TPSA) is 87.5 Å². The van der Waals surface area contributed by atoms with Crippen LogP contribution in [0.4, 0.5) is 11.4 Å². The summed E-state index contributed by atoms with van der Waals surface area (Å²) in [6.07, 6.45) is 4.61. The van der Waals surface area contributed by atoms with Crippen molar-refractivity contribution in [3.8, 4) is 5.69 Å². The molecular formula is C17H23N5O3S. The lowest BCUT2D eigenvalue weighted by Crippen LogP contribution is -2.48. The largest absolute Gasteiger partial charge is 0.368 e. The Labute approximate surface area is 153 Å². The molecule has 3 rings (SSSR count). The Kier molecular flexibility index (Phi) is 4.90. The van der Waals surface area contributed by atoms with Gasteiger partial charge in [-0.1, -0.05) is 0 Å². The summed E-state index contributed by atoms with van der Waals surface area (Å²) in [4.78, 5) is 19.8. The number of rotatable bonds is 4. The van der Waals surface area contributed by atoms with Crippen molar-refractivity contribution >= 4 is 27.3 Å². The van der Waals surface area contributed by atoms with Crippen molar-refractivity contribution in [3.63, 3.8) is 0 Å². The van der Waals surface area contributed by atoms with Crippen LogP contribution in [0.1, 0.15) is 12.7 Å². The summed E-state index contributed by atoms with van der Waals surface area (Å²) in [5.41, 5.74) is 2.20. The predicted molar refractivity (Wildman–Crippen MR) is 101 cm³/mol. The maximum atomic E-state index is 11.7. The number of hydrogen-bond donors (Lipinski definition) is 1. The van der Waals surface area contributed by atoms with Gasteiger partial charge in [-0.25, -0.2) is 13.4 Å². The molecule has 0 aliphatic carbocycles. The van der Waals surface area contributed by atoms with Crippen LogP contribution in [-0.2, 0) is 14.8 Å². The van der Waals surface area contributed by atoms with Crippen LogP contribution in [0, 0.1) is 6.92 Å². The minimum Gasteiger partial charge on any atom is -0.368 e. The Bertz CT molecular complexity index is 914. The first kappa shape index (κ1) is 18.2. The molecule has 1 amide bonds. The third-order valence-corrected chi connectivity index (χ3v) is 5.04. The lowest BCUT2D eigenvalue weighted by atomic mass is 10.2. The number of carbonyl (C=O) groups excluding carboxylic acids is 1. The number of amides is 1. The summed E-state index contributed by atoms with van der Waals surface area (Å²) in [5, 5.41) is 0. The van der Waals surface area contributed by atoms with Gasteiger partial charge >= 0.3 is 0 Å². The average molecular weight is 377 g/mol. The van der Waals surface area contributed by atoms with Crippen molar-refractivity contribution in [2.45, 2.75) is 13.8 Å². The number of benzene rings is 1. The van der Waals surface area contributed by atoms with Gasteiger partial charge in [0.1, 0.15) is 5.82 Å². The molecule has 26 heavy (non-hydrogen) atoms. The summed E-state index contributed by atoms with van der Waals surface area (Å²) < 4.78 is 27.8. The van der Waals surface area contributed by atoms with Crippen molar-refractivity contribution in [2.24, 2.45) is 0 Å². The van der Waals surface area contributed by atoms with Gasteiger partial charge in [-0.2, -0.15) is 0 Å². The van der Waals surface area contributed by atoms with Crippen LogP contribution in [0.2, 0.25) is 0 Å². The number of anilines is 2. The van der Waals surface area contributed by atoms with Crippen molar-refractivity contribution < 1.29 is 13.2 Å². The van der Waals surface area contributed by atoms with E-state index in [1.165, 1.54) is 0 Å². The Morgan fingerprint density at radius 3 is 2.42 bits per heavy atom. The number of carbonyl (C=O) groups is 1. The van der Waals surface area contributed by atoms with E-state index < -0.39 is 10.0 Å². The number of nitrogens with one attached hydrogen (secondary N) is 1. The third-order valence-electron chi connectivity index (χ3n) is 4.45. The number of piperazine rings is 1. The number of imidazole rings is 1. The molecule has 1 fully saturated rings. The van der Waals surface area contributed by atoms with Crippen LogP contribution in [0.5, 0.6) is 0 Å². The van der Waals surface area contributed by atoms with Crippen molar-refractivity contribution in [1.82, 2.24) is 14.5 Å². The Balaban J connectivity index is 1.94. The smallest absolute Gasteiger partial charge is 0.229 e. The fourth-order valence-corrected chi connectivity index (χ4v) is 3.69. The van der Waals surface area contributed by atoms with Crippen molar-refractivity contribution in [2.75, 3.05) is 42.1 Å². The molecule has 9 heteroatoms. The molecule has 0 atom stereocenters. The summed E-state index contributed by atoms with van der Waals surface area (Å²) in [7, 11) is -3.40. The maximum Gasteiger partial charge on any atom is 0.229 e. The lowest BCUT2D eigenvalue weighted by Gasteiger charge is -2.36. The SMILES string of the molecule is CC(=O)N1CCN(c2ccc(NS(C)(=O)=O)c(-n3ccnc3C)c2)CC1. The van der Waals surface area contributed by atoms with Crippen molar-refractivity contribution in [3.05, 3.63) is 36.4 Å². The molecule has 0 saturated carbocycles. The molecular weight excluding hydrogens is 354 g/mol. The average Bonchev–Trinajstić information content (AvgIpc) is 3.00. The van der Waals surface area contributed by atoms with Gasteiger partial charge in [-0.3, -0.25) is 9.52 Å². The molecule has 0 unspecified atom stereocenters. The van der Waals surface area contributed by atoms with Crippen LogP contribution >= 0.6 is 0 Å². The van der Waals surface area contributed by atoms with Gasteiger partial charge in [0.15, 0.2) is 0 Å². The highest BCUT2D eigenvalue weighted by Gasteiger charge is 2.20. The zero-order valence-electron chi connectivity index (χ0n) is 15.1. The Morgan fingerprint density at radius 2 is 1.88 bits per heavy atom. The predicted octanol–water partition coefficient (Wildman–Crippen LogP) is 1.22. The van der Waals surface area contributed by atoms with Crippen LogP contribution < -0.4 is 9.62 Å². The molecule has 2 heterocycles. The van der Waals surface area contributed by atoms with Gasteiger partial charge in [-0.15, -0.1) is 0 Å². The third kappa shape index (κ3) is 3.98. The standard InChI is InChI=1S/C17H23N5O3S/c1-13-18-6-7-22(13)17-12-15(4-5-16(17)19-26(3,24)25)21-10-8-20(9-11-21)14(2)23/h4-7,12,19H,8-11H2,1-3H3. The second-order valence-electron chi connectivity index (χ2n) is 6.41. The number of aryl methyl sites for hydroxylation is 1. The Morgan fingerprint density at radius 1 is 1.19 bits per heavy atom. The van der Waals surface area contributed by atoms with E-state index in [4.69, 9.17) is 0 Å². The molecule has 1 N–H and O–H groups in total. The first-order valence-corrected chi connectivity index (χ1v) is 10.3. The fourth-order valence-electron chi connectivity index (χ4n) is 3.11. The van der Waals surface area contributed by atoms with E-state index in [-0.39, 0.29) is 5.91 Å². The minimum atomic E-state index is -3.40. The van der Waals surface area contributed by atoms with E-state index in [0.29, 0.717) is 18.8 Å². The minimum absolute atomic E-state index is 0.0899. The Hall–Kier alpha value is -2.55. The molecule has 8 nitrogen and oxygen atoms in total. The molecule has 0 spiro atoms. The van der Waals surface area contributed by atoms with Crippen LogP contribution in [0.3, 0.4) is 0 Å². The summed E-state index contributed by atoms with van der Waals surface area (Å²) >= 11 is 0. The first-order chi connectivity index (χ1) is 12.2. The highest BCUT2D eigenvalue weighted by atomic mass is 32.2. The summed E-state index contributed by atoms with van der Waals surface area (Å²) in [6, 6.07) is 5.61. The van der Waals surface area contributed by atoms with Gasteiger partial charge in [0.25, 0.3) is 0 Å². The van der Waals surface area contributed by atoms with Gasteiger partial charge in [0.05, 0.1) is 17.6 Å². The molecule has 1 aromatic heterocycles. The maximum absolute atomic E-state index is 11.7. The van der Waals surface area contributed by atoms with Crippen molar-refractivity contribution in [1.29, 1.82) is 0 Å². The first-order valence-electron chi connectivity index (χ1n) is 8.37. The molecule has 1 aliphatic heterocycles. The highest BCUT2D eigenvalue weighted by Crippen LogP contribution is 2.28. The normalized spacial score (nSPS) is 15.2. The number of sulfonamides is 1.